The first-order valence-electron chi connectivity index (χ1n) is 7.54. The summed E-state index contributed by atoms with van der Waals surface area (Å²) in [7, 11) is 0. The fourth-order valence-corrected chi connectivity index (χ4v) is 3.03. The van der Waals surface area contributed by atoms with Crippen LogP contribution in [0.25, 0.3) is 6.08 Å². The molecule has 0 aliphatic carbocycles. The van der Waals surface area contributed by atoms with Crippen LogP contribution in [-0.4, -0.2) is 40.8 Å². The number of rotatable bonds is 6. The van der Waals surface area contributed by atoms with Crippen molar-refractivity contribution < 1.29 is 14.0 Å². The van der Waals surface area contributed by atoms with Gasteiger partial charge in [-0.05, 0) is 43.0 Å². The van der Waals surface area contributed by atoms with Crippen molar-refractivity contribution in [3.63, 3.8) is 0 Å². The van der Waals surface area contributed by atoms with Crippen LogP contribution in [0.5, 0.6) is 0 Å². The molecule has 8 heteroatoms. The van der Waals surface area contributed by atoms with E-state index in [1.54, 1.807) is 18.2 Å². The summed E-state index contributed by atoms with van der Waals surface area (Å²) in [5.41, 5.74) is 1.21. The van der Waals surface area contributed by atoms with Crippen LogP contribution >= 0.6 is 24.0 Å². The Morgan fingerprint density at radius 2 is 2.08 bits per heavy atom. The lowest BCUT2D eigenvalue weighted by Gasteiger charge is -2.14. The van der Waals surface area contributed by atoms with E-state index in [1.807, 2.05) is 6.92 Å². The third-order valence-electron chi connectivity index (χ3n) is 3.24. The Bertz CT molecular complexity index is 749. The van der Waals surface area contributed by atoms with Crippen LogP contribution in [0.4, 0.5) is 9.18 Å². The first-order chi connectivity index (χ1) is 11.9. The highest BCUT2D eigenvalue weighted by Gasteiger charge is 2.34. The van der Waals surface area contributed by atoms with Gasteiger partial charge in [0.2, 0.25) is 0 Å². The van der Waals surface area contributed by atoms with Crippen molar-refractivity contribution in [2.45, 2.75) is 6.92 Å². The van der Waals surface area contributed by atoms with E-state index in [-0.39, 0.29) is 22.3 Å². The predicted molar refractivity (Wildman–Crippen MR) is 102 cm³/mol. The molecule has 1 heterocycles. The molecule has 0 spiro atoms. The number of carbonyl (C=O) groups is 2. The first-order valence-corrected chi connectivity index (χ1v) is 8.77. The molecule has 0 unspecified atom stereocenters. The standard InChI is InChI=1S/C17H18FN3O2S2/c1-11(2)10-20-16(24)19-7-8-21-15(22)14(25-17(21)23)9-12-5-3-4-6-13(12)18/h3-6,9H,1,7-8,10H2,2H3,(H2,19,20,24)/b14-9-. The molecule has 1 fully saturated rings. The van der Waals surface area contributed by atoms with Gasteiger partial charge in [0, 0.05) is 25.2 Å². The Hall–Kier alpha value is -2.19. The third-order valence-corrected chi connectivity index (χ3v) is 4.43. The number of halogens is 1. The summed E-state index contributed by atoms with van der Waals surface area (Å²) in [5.74, 6) is -0.870. The average Bonchev–Trinajstić information content (AvgIpc) is 2.82. The number of hydrogen-bond acceptors (Lipinski definition) is 4. The largest absolute Gasteiger partial charge is 0.361 e. The fourth-order valence-electron chi connectivity index (χ4n) is 2.00. The minimum Gasteiger partial charge on any atom is -0.361 e. The van der Waals surface area contributed by atoms with Crippen LogP contribution in [0.2, 0.25) is 0 Å². The van der Waals surface area contributed by atoms with Crippen molar-refractivity contribution in [3.05, 3.63) is 52.7 Å². The average molecular weight is 379 g/mol. The Balaban J connectivity index is 1.92. The molecule has 5 nitrogen and oxygen atoms in total. The van der Waals surface area contributed by atoms with Crippen LogP contribution in [0, 0.1) is 5.82 Å². The Kier molecular flexibility index (Phi) is 6.72. The van der Waals surface area contributed by atoms with Crippen molar-refractivity contribution in [1.82, 2.24) is 15.5 Å². The smallest absolute Gasteiger partial charge is 0.293 e. The van der Waals surface area contributed by atoms with Gasteiger partial charge < -0.3 is 10.6 Å². The van der Waals surface area contributed by atoms with E-state index in [1.165, 1.54) is 12.1 Å². The summed E-state index contributed by atoms with van der Waals surface area (Å²) in [5, 5.41) is 5.92. The maximum atomic E-state index is 13.7. The molecule has 0 aromatic heterocycles. The molecule has 2 amide bonds. The Morgan fingerprint density at radius 3 is 2.76 bits per heavy atom. The van der Waals surface area contributed by atoms with Crippen LogP contribution in [-0.2, 0) is 4.79 Å². The molecule has 1 aromatic rings. The van der Waals surface area contributed by atoms with Crippen molar-refractivity contribution in [3.8, 4) is 0 Å². The monoisotopic (exact) mass is 379 g/mol. The molecule has 1 aliphatic rings. The minimum absolute atomic E-state index is 0.175. The minimum atomic E-state index is -0.440. The van der Waals surface area contributed by atoms with Gasteiger partial charge in [-0.3, -0.25) is 14.5 Å². The van der Waals surface area contributed by atoms with E-state index in [9.17, 15) is 14.0 Å². The summed E-state index contributed by atoms with van der Waals surface area (Å²) in [6.07, 6.45) is 1.40. The number of nitrogens with zero attached hydrogens (tertiary/aromatic N) is 1. The van der Waals surface area contributed by atoms with E-state index in [4.69, 9.17) is 12.2 Å². The summed E-state index contributed by atoms with van der Waals surface area (Å²) < 4.78 is 13.7. The van der Waals surface area contributed by atoms with Crippen LogP contribution in [0.15, 0.2) is 41.3 Å². The molecule has 0 bridgehead atoms. The summed E-state index contributed by atoms with van der Waals surface area (Å²) in [6, 6.07) is 6.09. The van der Waals surface area contributed by atoms with E-state index in [2.05, 4.69) is 17.2 Å². The number of thioether (sulfide) groups is 1. The third kappa shape index (κ3) is 5.40. The number of amides is 2. The van der Waals surface area contributed by atoms with Gasteiger partial charge in [-0.25, -0.2) is 4.39 Å². The Morgan fingerprint density at radius 1 is 1.36 bits per heavy atom. The summed E-state index contributed by atoms with van der Waals surface area (Å²) in [4.78, 5) is 25.7. The quantitative estimate of drug-likeness (QED) is 0.450. The normalized spacial score (nSPS) is 15.6. The van der Waals surface area contributed by atoms with Crippen molar-refractivity contribution in [2.75, 3.05) is 19.6 Å². The number of imide groups is 1. The van der Waals surface area contributed by atoms with Crippen molar-refractivity contribution >= 4 is 46.3 Å². The molecule has 0 radical (unpaired) electrons. The van der Waals surface area contributed by atoms with Gasteiger partial charge in [-0.15, -0.1) is 0 Å². The van der Waals surface area contributed by atoms with E-state index < -0.39 is 11.7 Å². The van der Waals surface area contributed by atoms with Gasteiger partial charge in [0.15, 0.2) is 5.11 Å². The summed E-state index contributed by atoms with van der Waals surface area (Å²) in [6.45, 7) is 6.68. The maximum Gasteiger partial charge on any atom is 0.293 e. The summed E-state index contributed by atoms with van der Waals surface area (Å²) >= 11 is 5.89. The molecule has 132 valence electrons. The molecule has 1 aromatic carbocycles. The fraction of sp³-hybridized carbons (Fsp3) is 0.235. The molecule has 1 aliphatic heterocycles. The number of hydrogen-bond donors (Lipinski definition) is 2. The lowest BCUT2D eigenvalue weighted by atomic mass is 10.2. The molecular formula is C17H18FN3O2S2. The lowest BCUT2D eigenvalue weighted by Crippen LogP contribution is -2.41. The lowest BCUT2D eigenvalue weighted by molar-refractivity contribution is -0.122. The zero-order valence-electron chi connectivity index (χ0n) is 13.7. The predicted octanol–water partition coefficient (Wildman–Crippen LogP) is 2.90. The van der Waals surface area contributed by atoms with Gasteiger partial charge in [0.1, 0.15) is 5.82 Å². The van der Waals surface area contributed by atoms with Crippen LogP contribution < -0.4 is 10.6 Å². The second-order valence-corrected chi connectivity index (χ2v) is 6.82. The van der Waals surface area contributed by atoms with Crippen LogP contribution in [0.1, 0.15) is 12.5 Å². The SMILES string of the molecule is C=C(C)CNC(=S)NCCN1C(=O)S/C(=C\c2ccccc2F)C1=O. The Labute approximate surface area is 155 Å². The highest BCUT2D eigenvalue weighted by molar-refractivity contribution is 8.18. The number of thiocarbonyl (C=S) groups is 1. The topological polar surface area (TPSA) is 61.4 Å². The highest BCUT2D eigenvalue weighted by atomic mass is 32.2. The molecule has 1 saturated heterocycles. The number of carbonyl (C=O) groups excluding carboxylic acids is 2. The number of nitrogens with one attached hydrogen (secondary N) is 2. The zero-order chi connectivity index (χ0) is 18.4. The molecular weight excluding hydrogens is 361 g/mol. The second-order valence-electron chi connectivity index (χ2n) is 5.42. The van der Waals surface area contributed by atoms with E-state index in [0.29, 0.717) is 18.2 Å². The van der Waals surface area contributed by atoms with Crippen molar-refractivity contribution in [1.29, 1.82) is 0 Å². The molecule has 2 N–H and O–H groups in total. The van der Waals surface area contributed by atoms with Gasteiger partial charge in [0.05, 0.1) is 4.91 Å². The molecule has 0 atom stereocenters. The van der Waals surface area contributed by atoms with Crippen molar-refractivity contribution in [2.24, 2.45) is 0 Å². The van der Waals surface area contributed by atoms with Gasteiger partial charge >= 0.3 is 0 Å². The first kappa shape index (κ1) is 19.1. The molecule has 25 heavy (non-hydrogen) atoms. The highest BCUT2D eigenvalue weighted by Crippen LogP contribution is 2.32. The molecule has 0 saturated carbocycles. The van der Waals surface area contributed by atoms with Gasteiger partial charge in [0.25, 0.3) is 11.1 Å². The maximum absolute atomic E-state index is 13.7. The van der Waals surface area contributed by atoms with Gasteiger partial charge in [-0.2, -0.15) is 0 Å². The second kappa shape index (κ2) is 8.77. The number of benzene rings is 1. The zero-order valence-corrected chi connectivity index (χ0v) is 15.3. The van der Waals surface area contributed by atoms with Gasteiger partial charge in [-0.1, -0.05) is 30.4 Å². The van der Waals surface area contributed by atoms with Crippen LogP contribution in [0.3, 0.4) is 0 Å². The molecule has 2 rings (SSSR count). The van der Waals surface area contributed by atoms with E-state index >= 15 is 0 Å². The van der Waals surface area contributed by atoms with E-state index in [0.717, 1.165) is 22.2 Å².